The third kappa shape index (κ3) is 2.68. The molecule has 0 unspecified atom stereocenters. The molecule has 0 bridgehead atoms. The number of hydrogen-bond donors (Lipinski definition) is 0. The van der Waals surface area contributed by atoms with E-state index >= 15 is 0 Å². The molecule has 0 aliphatic carbocycles. The minimum absolute atomic E-state index is 0.104. The fourth-order valence-electron chi connectivity index (χ4n) is 1.77. The zero-order chi connectivity index (χ0) is 11.4. The first-order chi connectivity index (χ1) is 7.79. The lowest BCUT2D eigenvalue weighted by atomic mass is 10.1. The van der Waals surface area contributed by atoms with Gasteiger partial charge < -0.3 is 14.3 Å². The van der Waals surface area contributed by atoms with Gasteiger partial charge in [0.1, 0.15) is 6.29 Å². The Kier molecular flexibility index (Phi) is 3.70. The summed E-state index contributed by atoms with van der Waals surface area (Å²) >= 11 is 0. The molecule has 2 rings (SSSR count). The predicted octanol–water partition coefficient (Wildman–Crippen LogP) is 1.73. The topological polar surface area (TPSA) is 35.5 Å². The fourth-order valence-corrected chi connectivity index (χ4v) is 1.77. The first kappa shape index (κ1) is 11.3. The van der Waals surface area contributed by atoms with Crippen molar-refractivity contribution in [2.75, 3.05) is 13.2 Å². The Bertz CT molecular complexity index is 354. The Morgan fingerprint density at radius 1 is 1.31 bits per heavy atom. The molecular weight excluding hydrogens is 204 g/mol. The summed E-state index contributed by atoms with van der Waals surface area (Å²) in [6, 6.07) is 8.18. The summed E-state index contributed by atoms with van der Waals surface area (Å²) in [5, 5.41) is 0. The summed E-state index contributed by atoms with van der Waals surface area (Å²) < 4.78 is 11.0. The van der Waals surface area contributed by atoms with Gasteiger partial charge in [0.2, 0.25) is 0 Å². The second-order valence-electron chi connectivity index (χ2n) is 4.12. The van der Waals surface area contributed by atoms with Crippen molar-refractivity contribution < 1.29 is 14.3 Å². The van der Waals surface area contributed by atoms with Crippen LogP contribution < -0.4 is 0 Å². The summed E-state index contributed by atoms with van der Waals surface area (Å²) in [5.41, 5.74) is 2.48. The lowest BCUT2D eigenvalue weighted by Gasteiger charge is -2.27. The molecule has 1 aliphatic rings. The molecule has 1 fully saturated rings. The predicted molar refractivity (Wildman–Crippen MR) is 60.1 cm³/mol. The highest BCUT2D eigenvalue weighted by atomic mass is 16.7. The van der Waals surface area contributed by atoms with E-state index in [9.17, 15) is 4.79 Å². The van der Waals surface area contributed by atoms with Gasteiger partial charge >= 0.3 is 0 Å². The highest BCUT2D eigenvalue weighted by molar-refractivity contribution is 5.53. The van der Waals surface area contributed by atoms with Crippen LogP contribution in [0.4, 0.5) is 0 Å². The molecule has 0 spiro atoms. The van der Waals surface area contributed by atoms with Gasteiger partial charge in [0, 0.05) is 6.42 Å². The molecule has 86 valence electrons. The largest absolute Gasteiger partial charge is 0.351 e. The maximum Gasteiger partial charge on any atom is 0.161 e. The average molecular weight is 220 g/mol. The van der Waals surface area contributed by atoms with Gasteiger partial charge in [0.25, 0.3) is 0 Å². The van der Waals surface area contributed by atoms with E-state index in [1.165, 1.54) is 11.1 Å². The Hall–Kier alpha value is -1.19. The van der Waals surface area contributed by atoms with Crippen molar-refractivity contribution in [3.05, 3.63) is 35.4 Å². The van der Waals surface area contributed by atoms with Gasteiger partial charge in [-0.15, -0.1) is 0 Å². The Labute approximate surface area is 95.4 Å². The van der Waals surface area contributed by atoms with Gasteiger partial charge in [0.05, 0.1) is 19.1 Å². The van der Waals surface area contributed by atoms with E-state index in [1.54, 1.807) is 0 Å². The van der Waals surface area contributed by atoms with Crippen molar-refractivity contribution in [1.29, 1.82) is 0 Å². The van der Waals surface area contributed by atoms with E-state index in [1.807, 2.05) is 12.1 Å². The Balaban J connectivity index is 1.92. The highest BCUT2D eigenvalue weighted by Crippen LogP contribution is 2.16. The molecular formula is C13H16O3. The second-order valence-corrected chi connectivity index (χ2v) is 4.12. The first-order valence-corrected chi connectivity index (χ1v) is 5.52. The Morgan fingerprint density at radius 2 is 2.00 bits per heavy atom. The summed E-state index contributed by atoms with van der Waals surface area (Å²) in [6.45, 7) is 3.02. The lowest BCUT2D eigenvalue weighted by molar-refractivity contribution is -0.196. The van der Waals surface area contributed by atoms with Crippen LogP contribution in [0, 0.1) is 12.8 Å². The molecule has 1 saturated heterocycles. The number of aldehydes is 1. The summed E-state index contributed by atoms with van der Waals surface area (Å²) in [4.78, 5) is 10.5. The maximum absolute atomic E-state index is 10.5. The molecule has 0 saturated carbocycles. The van der Waals surface area contributed by atoms with Gasteiger partial charge in [-0.2, -0.15) is 0 Å². The van der Waals surface area contributed by atoms with Gasteiger partial charge in [-0.1, -0.05) is 24.3 Å². The van der Waals surface area contributed by atoms with Crippen molar-refractivity contribution in [2.24, 2.45) is 5.92 Å². The van der Waals surface area contributed by atoms with E-state index in [-0.39, 0.29) is 12.2 Å². The SMILES string of the molecule is Cc1ccccc1CC1OCC(C=O)CO1. The number of aryl methyl sites for hydroxylation is 1. The van der Waals surface area contributed by atoms with Crippen molar-refractivity contribution in [2.45, 2.75) is 19.6 Å². The normalized spacial score (nSPS) is 25.3. The number of carbonyl (C=O) groups excluding carboxylic acids is 1. The highest BCUT2D eigenvalue weighted by Gasteiger charge is 2.22. The van der Waals surface area contributed by atoms with Crippen LogP contribution in [0.25, 0.3) is 0 Å². The van der Waals surface area contributed by atoms with Crippen LogP contribution in [0.1, 0.15) is 11.1 Å². The van der Waals surface area contributed by atoms with Crippen LogP contribution in [0.2, 0.25) is 0 Å². The van der Waals surface area contributed by atoms with E-state index in [2.05, 4.69) is 19.1 Å². The molecule has 0 N–H and O–H groups in total. The number of ether oxygens (including phenoxy) is 2. The monoisotopic (exact) mass is 220 g/mol. The van der Waals surface area contributed by atoms with Crippen LogP contribution in [0.15, 0.2) is 24.3 Å². The van der Waals surface area contributed by atoms with E-state index in [0.29, 0.717) is 13.2 Å². The molecule has 1 aromatic carbocycles. The van der Waals surface area contributed by atoms with E-state index in [0.717, 1.165) is 12.7 Å². The third-order valence-corrected chi connectivity index (χ3v) is 2.83. The van der Waals surface area contributed by atoms with Crippen LogP contribution in [-0.4, -0.2) is 25.8 Å². The molecule has 3 nitrogen and oxygen atoms in total. The first-order valence-electron chi connectivity index (χ1n) is 5.52. The van der Waals surface area contributed by atoms with Gasteiger partial charge in [-0.25, -0.2) is 0 Å². The minimum Gasteiger partial charge on any atom is -0.351 e. The standard InChI is InChI=1S/C13H16O3/c1-10-4-2-3-5-12(10)6-13-15-8-11(7-14)9-16-13/h2-5,7,11,13H,6,8-9H2,1H3. The molecule has 1 heterocycles. The molecule has 0 amide bonds. The Morgan fingerprint density at radius 3 is 2.62 bits per heavy atom. The average Bonchev–Trinajstić information content (AvgIpc) is 2.33. The molecule has 0 aromatic heterocycles. The minimum atomic E-state index is -0.211. The second kappa shape index (κ2) is 5.23. The molecule has 0 radical (unpaired) electrons. The van der Waals surface area contributed by atoms with Crippen LogP contribution >= 0.6 is 0 Å². The smallest absolute Gasteiger partial charge is 0.161 e. The molecule has 1 aromatic rings. The fraction of sp³-hybridized carbons (Fsp3) is 0.462. The summed E-state index contributed by atoms with van der Waals surface area (Å²) in [5.74, 6) is -0.104. The molecule has 0 atom stereocenters. The van der Waals surface area contributed by atoms with Crippen molar-refractivity contribution in [1.82, 2.24) is 0 Å². The third-order valence-electron chi connectivity index (χ3n) is 2.83. The van der Waals surface area contributed by atoms with Gasteiger partial charge in [-0.3, -0.25) is 0 Å². The number of benzene rings is 1. The number of rotatable bonds is 3. The molecule has 1 aliphatic heterocycles. The quantitative estimate of drug-likeness (QED) is 0.728. The number of hydrogen-bond acceptors (Lipinski definition) is 3. The van der Waals surface area contributed by atoms with Crippen LogP contribution in [0.3, 0.4) is 0 Å². The lowest BCUT2D eigenvalue weighted by Crippen LogP contribution is -2.34. The van der Waals surface area contributed by atoms with Crippen LogP contribution in [-0.2, 0) is 20.7 Å². The zero-order valence-corrected chi connectivity index (χ0v) is 9.39. The van der Waals surface area contributed by atoms with Crippen LogP contribution in [0.5, 0.6) is 0 Å². The van der Waals surface area contributed by atoms with Crippen molar-refractivity contribution in [3.63, 3.8) is 0 Å². The van der Waals surface area contributed by atoms with E-state index in [4.69, 9.17) is 9.47 Å². The zero-order valence-electron chi connectivity index (χ0n) is 9.39. The summed E-state index contributed by atoms with van der Waals surface area (Å²) in [6.07, 6.45) is 1.43. The van der Waals surface area contributed by atoms with Crippen molar-refractivity contribution >= 4 is 6.29 Å². The maximum atomic E-state index is 10.5. The van der Waals surface area contributed by atoms with Crippen molar-refractivity contribution in [3.8, 4) is 0 Å². The van der Waals surface area contributed by atoms with E-state index < -0.39 is 0 Å². The molecule has 16 heavy (non-hydrogen) atoms. The number of carbonyl (C=O) groups is 1. The van der Waals surface area contributed by atoms with Gasteiger partial charge in [0.15, 0.2) is 6.29 Å². The summed E-state index contributed by atoms with van der Waals surface area (Å²) in [7, 11) is 0. The van der Waals surface area contributed by atoms with Gasteiger partial charge in [-0.05, 0) is 18.1 Å². The molecule has 3 heteroatoms.